The fourth-order valence-corrected chi connectivity index (χ4v) is 0.483. The summed E-state index contributed by atoms with van der Waals surface area (Å²) in [6.45, 7) is 9.38. The van der Waals surface area contributed by atoms with Crippen molar-refractivity contribution in [1.82, 2.24) is 0 Å². The van der Waals surface area contributed by atoms with Crippen molar-refractivity contribution in [3.05, 3.63) is 19.8 Å². The molecule has 1 unspecified atom stereocenters. The zero-order chi connectivity index (χ0) is 5.70. The Labute approximate surface area is 46.9 Å². The normalized spacial score (nSPS) is 10.3. The number of rotatable bonds is 3. The van der Waals surface area contributed by atoms with Gasteiger partial charge in [-0.1, -0.05) is 20.3 Å². The third-order valence-electron chi connectivity index (χ3n) is 1.15. The molecule has 0 rings (SSSR count). The summed E-state index contributed by atoms with van der Waals surface area (Å²) in [6, 6.07) is 0. The summed E-state index contributed by atoms with van der Waals surface area (Å²) in [4.78, 5) is 0. The first kappa shape index (κ1) is 7.00. The van der Waals surface area contributed by atoms with E-state index in [1.54, 1.807) is 6.42 Å². The minimum absolute atomic E-state index is 0.514. The van der Waals surface area contributed by atoms with Crippen LogP contribution in [0, 0.1) is 25.7 Å². The maximum absolute atomic E-state index is 5.24. The summed E-state index contributed by atoms with van der Waals surface area (Å²) in [6.07, 6.45) is 4.94. The van der Waals surface area contributed by atoms with Crippen molar-refractivity contribution < 1.29 is 0 Å². The van der Waals surface area contributed by atoms with Crippen molar-refractivity contribution >= 4 is 0 Å². The second-order valence-corrected chi connectivity index (χ2v) is 1.60. The highest BCUT2D eigenvalue weighted by Gasteiger charge is 1.96. The monoisotopic (exact) mass is 96.1 g/mol. The summed E-state index contributed by atoms with van der Waals surface area (Å²) in [5.74, 6) is 0.514. The van der Waals surface area contributed by atoms with Crippen LogP contribution in [0.25, 0.3) is 0 Å². The molecule has 1 atom stereocenters. The lowest BCUT2D eigenvalue weighted by molar-refractivity contribution is 0.686. The van der Waals surface area contributed by atoms with Crippen LogP contribution < -0.4 is 0 Å². The largest absolute Gasteiger partial charge is 0.0651 e. The standard InChI is InChI=1S/C7H12/c1-4-7(5-2)6-3/h1,4-5,7H,6H2,2-3H3. The van der Waals surface area contributed by atoms with Crippen molar-refractivity contribution in [2.45, 2.75) is 20.3 Å². The SMILES string of the molecule is [CH][CH]C([CH]C)CC. The lowest BCUT2D eigenvalue weighted by atomic mass is 10.0. The van der Waals surface area contributed by atoms with Gasteiger partial charge in [-0.05, 0) is 25.7 Å². The average Bonchev–Trinajstić information content (AvgIpc) is 1.72. The van der Waals surface area contributed by atoms with Crippen LogP contribution in [0.3, 0.4) is 0 Å². The molecule has 0 heteroatoms. The molecule has 4 radical (unpaired) electrons. The fraction of sp³-hybridized carbons (Fsp3) is 0.571. The number of hydrogen-bond donors (Lipinski definition) is 0. The summed E-state index contributed by atoms with van der Waals surface area (Å²) in [5.41, 5.74) is 0. The molecule has 0 spiro atoms. The molecule has 0 nitrogen and oxygen atoms in total. The van der Waals surface area contributed by atoms with Crippen LogP contribution in [0.5, 0.6) is 0 Å². The highest BCUT2D eigenvalue weighted by atomic mass is 14.0. The third-order valence-corrected chi connectivity index (χ3v) is 1.15. The van der Waals surface area contributed by atoms with Gasteiger partial charge in [0, 0.05) is 0 Å². The zero-order valence-corrected chi connectivity index (χ0v) is 5.02. The highest BCUT2D eigenvalue weighted by molar-refractivity contribution is 4.84. The predicted octanol–water partition coefficient (Wildman–Crippen LogP) is 2.15. The van der Waals surface area contributed by atoms with Crippen molar-refractivity contribution in [3.63, 3.8) is 0 Å². The van der Waals surface area contributed by atoms with Gasteiger partial charge in [0.25, 0.3) is 0 Å². The smallest absolute Gasteiger partial charge is 0.0312 e. The van der Waals surface area contributed by atoms with E-state index in [9.17, 15) is 0 Å². The van der Waals surface area contributed by atoms with E-state index in [4.69, 9.17) is 6.92 Å². The molecular formula is C7H12. The molecular weight excluding hydrogens is 84.1 g/mol. The summed E-state index contributed by atoms with van der Waals surface area (Å²) >= 11 is 0. The van der Waals surface area contributed by atoms with Crippen molar-refractivity contribution in [1.29, 1.82) is 0 Å². The van der Waals surface area contributed by atoms with E-state index in [0.29, 0.717) is 5.92 Å². The average molecular weight is 96.2 g/mol. The molecule has 0 amide bonds. The van der Waals surface area contributed by atoms with Crippen LogP contribution in [0.1, 0.15) is 20.3 Å². The van der Waals surface area contributed by atoms with E-state index in [0.717, 1.165) is 6.42 Å². The fourth-order valence-electron chi connectivity index (χ4n) is 0.483. The Balaban J connectivity index is 2.99. The van der Waals surface area contributed by atoms with Crippen molar-refractivity contribution in [3.8, 4) is 0 Å². The molecule has 0 aliphatic rings. The first-order valence-corrected chi connectivity index (χ1v) is 2.69. The van der Waals surface area contributed by atoms with Gasteiger partial charge in [-0.15, -0.1) is 0 Å². The maximum atomic E-state index is 5.24. The van der Waals surface area contributed by atoms with E-state index in [-0.39, 0.29) is 0 Å². The molecule has 7 heavy (non-hydrogen) atoms. The Morgan fingerprint density at radius 2 is 2.29 bits per heavy atom. The second-order valence-electron chi connectivity index (χ2n) is 1.60. The molecule has 0 aliphatic heterocycles. The molecule has 0 aromatic rings. The van der Waals surface area contributed by atoms with Crippen LogP contribution in [-0.2, 0) is 0 Å². The molecule has 0 aromatic heterocycles. The van der Waals surface area contributed by atoms with Crippen molar-refractivity contribution in [2.75, 3.05) is 0 Å². The zero-order valence-electron chi connectivity index (χ0n) is 5.02. The van der Waals surface area contributed by atoms with Gasteiger partial charge in [-0.2, -0.15) is 0 Å². The molecule has 0 aromatic carbocycles. The van der Waals surface area contributed by atoms with Crippen LogP contribution >= 0.6 is 0 Å². The molecule has 0 fully saturated rings. The Kier molecular flexibility index (Phi) is 4.17. The summed E-state index contributed by atoms with van der Waals surface area (Å²) in [5, 5.41) is 0. The minimum atomic E-state index is 0.514. The molecule has 40 valence electrons. The first-order valence-electron chi connectivity index (χ1n) is 2.69. The minimum Gasteiger partial charge on any atom is -0.0651 e. The van der Waals surface area contributed by atoms with Gasteiger partial charge in [0.2, 0.25) is 0 Å². The van der Waals surface area contributed by atoms with Gasteiger partial charge in [0.15, 0.2) is 0 Å². The third kappa shape index (κ3) is 2.67. The highest BCUT2D eigenvalue weighted by Crippen LogP contribution is 2.07. The molecule has 0 N–H and O–H groups in total. The van der Waals surface area contributed by atoms with Crippen LogP contribution in [0.15, 0.2) is 0 Å². The molecule has 0 heterocycles. The molecule has 0 bridgehead atoms. The quantitative estimate of drug-likeness (QED) is 0.505. The van der Waals surface area contributed by atoms with Crippen LogP contribution in [0.2, 0.25) is 0 Å². The topological polar surface area (TPSA) is 0 Å². The van der Waals surface area contributed by atoms with E-state index < -0.39 is 0 Å². The van der Waals surface area contributed by atoms with Crippen LogP contribution in [-0.4, -0.2) is 0 Å². The lowest BCUT2D eigenvalue weighted by Gasteiger charge is -2.04. The predicted molar refractivity (Wildman–Crippen MR) is 32.4 cm³/mol. The van der Waals surface area contributed by atoms with Crippen LogP contribution in [0.4, 0.5) is 0 Å². The Morgan fingerprint density at radius 1 is 1.71 bits per heavy atom. The van der Waals surface area contributed by atoms with Gasteiger partial charge in [-0.25, -0.2) is 0 Å². The Hall–Kier alpha value is 0. The summed E-state index contributed by atoms with van der Waals surface area (Å²) < 4.78 is 0. The molecule has 0 aliphatic carbocycles. The lowest BCUT2D eigenvalue weighted by Crippen LogP contribution is -1.93. The maximum Gasteiger partial charge on any atom is -0.0312 e. The Morgan fingerprint density at radius 3 is 2.29 bits per heavy atom. The Bertz CT molecular complexity index is 21.5. The van der Waals surface area contributed by atoms with Gasteiger partial charge < -0.3 is 0 Å². The van der Waals surface area contributed by atoms with E-state index in [2.05, 4.69) is 13.3 Å². The van der Waals surface area contributed by atoms with Gasteiger partial charge >= 0.3 is 0 Å². The van der Waals surface area contributed by atoms with Gasteiger partial charge in [-0.3, -0.25) is 0 Å². The molecule has 0 saturated heterocycles. The van der Waals surface area contributed by atoms with Gasteiger partial charge in [0.05, 0.1) is 0 Å². The van der Waals surface area contributed by atoms with E-state index >= 15 is 0 Å². The summed E-state index contributed by atoms with van der Waals surface area (Å²) in [7, 11) is 0. The van der Waals surface area contributed by atoms with E-state index in [1.165, 1.54) is 0 Å². The first-order chi connectivity index (χ1) is 3.35. The second kappa shape index (κ2) is 4.17. The van der Waals surface area contributed by atoms with Gasteiger partial charge in [0.1, 0.15) is 0 Å². The van der Waals surface area contributed by atoms with Crippen molar-refractivity contribution in [2.24, 2.45) is 5.92 Å². The number of hydrogen-bond acceptors (Lipinski definition) is 0. The molecule has 0 saturated carbocycles. The van der Waals surface area contributed by atoms with E-state index in [1.807, 2.05) is 6.92 Å².